The van der Waals surface area contributed by atoms with Crippen LogP contribution in [-0.4, -0.2) is 6.04 Å². The second-order valence-electron chi connectivity index (χ2n) is 6.77. The number of nitrogens with two attached hydrogens (primary N) is 1. The fourth-order valence-corrected chi connectivity index (χ4v) is 5.30. The van der Waals surface area contributed by atoms with E-state index in [-0.39, 0.29) is 0 Å². The van der Waals surface area contributed by atoms with Crippen LogP contribution in [0.25, 0.3) is 0 Å². The van der Waals surface area contributed by atoms with E-state index in [0.717, 1.165) is 48.9 Å². The van der Waals surface area contributed by atoms with Crippen molar-refractivity contribution >= 4 is 0 Å². The Kier molecular flexibility index (Phi) is 3.17. The van der Waals surface area contributed by atoms with Crippen molar-refractivity contribution in [3.05, 3.63) is 0 Å². The Labute approximate surface area is 106 Å². The molecule has 2 N–H and O–H groups in total. The van der Waals surface area contributed by atoms with Gasteiger partial charge in [-0.15, -0.1) is 12.3 Å². The summed E-state index contributed by atoms with van der Waals surface area (Å²) in [6.45, 7) is 0. The van der Waals surface area contributed by atoms with Crippen molar-refractivity contribution in [2.75, 3.05) is 0 Å². The molecule has 0 aromatic rings. The summed E-state index contributed by atoms with van der Waals surface area (Å²) in [5.41, 5.74) is 6.47. The smallest absolute Gasteiger partial charge is 0.00866 e. The van der Waals surface area contributed by atoms with E-state index in [1.165, 1.54) is 32.1 Å². The van der Waals surface area contributed by atoms with Gasteiger partial charge in [0.15, 0.2) is 0 Å². The monoisotopic (exact) mass is 231 g/mol. The SMILES string of the molecule is C#CCCCC(N)C1C2CC3CC(C2)CC1C3. The van der Waals surface area contributed by atoms with E-state index in [4.69, 9.17) is 12.2 Å². The van der Waals surface area contributed by atoms with Gasteiger partial charge in [0.05, 0.1) is 0 Å². The van der Waals surface area contributed by atoms with Crippen LogP contribution in [0.15, 0.2) is 0 Å². The van der Waals surface area contributed by atoms with E-state index in [1.54, 1.807) is 0 Å². The van der Waals surface area contributed by atoms with Gasteiger partial charge in [0.2, 0.25) is 0 Å². The first kappa shape index (κ1) is 11.6. The van der Waals surface area contributed by atoms with E-state index in [2.05, 4.69) is 5.92 Å². The first-order chi connectivity index (χ1) is 8.28. The zero-order chi connectivity index (χ0) is 11.8. The normalized spacial score (nSPS) is 44.6. The van der Waals surface area contributed by atoms with Crippen LogP contribution in [0.2, 0.25) is 0 Å². The second kappa shape index (κ2) is 4.65. The van der Waals surface area contributed by atoms with Crippen molar-refractivity contribution in [2.24, 2.45) is 35.3 Å². The van der Waals surface area contributed by atoms with Gasteiger partial charge in [0.25, 0.3) is 0 Å². The summed E-state index contributed by atoms with van der Waals surface area (Å²) in [7, 11) is 0. The largest absolute Gasteiger partial charge is 0.327 e. The highest BCUT2D eigenvalue weighted by Gasteiger charge is 2.49. The van der Waals surface area contributed by atoms with E-state index in [0.29, 0.717) is 6.04 Å². The molecule has 4 aliphatic rings. The molecule has 0 aromatic carbocycles. The van der Waals surface area contributed by atoms with Gasteiger partial charge >= 0.3 is 0 Å². The molecule has 1 nitrogen and oxygen atoms in total. The van der Waals surface area contributed by atoms with Crippen molar-refractivity contribution in [3.63, 3.8) is 0 Å². The summed E-state index contributed by atoms with van der Waals surface area (Å²) < 4.78 is 0. The molecule has 4 aliphatic carbocycles. The number of terminal acetylenes is 1. The highest BCUT2D eigenvalue weighted by atomic mass is 14.7. The van der Waals surface area contributed by atoms with Gasteiger partial charge in [-0.25, -0.2) is 0 Å². The maximum absolute atomic E-state index is 6.47. The summed E-state index contributed by atoms with van der Waals surface area (Å²) in [6, 6.07) is 0.429. The number of hydrogen-bond donors (Lipinski definition) is 1. The number of rotatable bonds is 4. The third kappa shape index (κ3) is 2.13. The zero-order valence-corrected chi connectivity index (χ0v) is 10.8. The Balaban J connectivity index is 1.61. The summed E-state index contributed by atoms with van der Waals surface area (Å²) in [5, 5.41) is 0. The summed E-state index contributed by atoms with van der Waals surface area (Å²) >= 11 is 0. The minimum atomic E-state index is 0.429. The Morgan fingerprint density at radius 2 is 1.65 bits per heavy atom. The number of unbranched alkanes of at least 4 members (excludes halogenated alkanes) is 1. The molecule has 0 aliphatic heterocycles. The molecule has 17 heavy (non-hydrogen) atoms. The molecule has 1 atom stereocenters. The number of hydrogen-bond acceptors (Lipinski definition) is 1. The first-order valence-electron chi connectivity index (χ1n) is 7.47. The Hall–Kier alpha value is -0.480. The highest BCUT2D eigenvalue weighted by molar-refractivity contribution is 5.01. The van der Waals surface area contributed by atoms with Crippen molar-refractivity contribution in [1.29, 1.82) is 0 Å². The molecule has 0 radical (unpaired) electrons. The summed E-state index contributed by atoms with van der Waals surface area (Å²) in [4.78, 5) is 0. The average Bonchev–Trinajstić information content (AvgIpc) is 2.27. The quantitative estimate of drug-likeness (QED) is 0.583. The van der Waals surface area contributed by atoms with Gasteiger partial charge in [0.1, 0.15) is 0 Å². The van der Waals surface area contributed by atoms with Crippen LogP contribution in [0.4, 0.5) is 0 Å². The van der Waals surface area contributed by atoms with Crippen LogP contribution in [0.3, 0.4) is 0 Å². The van der Waals surface area contributed by atoms with Crippen LogP contribution < -0.4 is 5.73 Å². The van der Waals surface area contributed by atoms with Crippen LogP contribution in [-0.2, 0) is 0 Å². The summed E-state index contributed by atoms with van der Waals surface area (Å²) in [5.74, 6) is 7.62. The lowest BCUT2D eigenvalue weighted by Crippen LogP contribution is -2.51. The molecule has 0 heterocycles. The third-order valence-electron chi connectivity index (χ3n) is 5.65. The molecule has 0 amide bonds. The molecule has 0 spiro atoms. The van der Waals surface area contributed by atoms with Gasteiger partial charge in [-0.05, 0) is 74.5 Å². The Bertz CT molecular complexity index is 286. The van der Waals surface area contributed by atoms with Gasteiger partial charge in [0, 0.05) is 12.5 Å². The Morgan fingerprint density at radius 1 is 1.06 bits per heavy atom. The lowest BCUT2D eigenvalue weighted by molar-refractivity contribution is -0.0476. The Morgan fingerprint density at radius 3 is 2.18 bits per heavy atom. The topological polar surface area (TPSA) is 26.0 Å². The lowest BCUT2D eigenvalue weighted by Gasteiger charge is -2.56. The molecular formula is C16H25N. The van der Waals surface area contributed by atoms with Gasteiger partial charge < -0.3 is 5.73 Å². The molecule has 4 fully saturated rings. The molecule has 1 heteroatoms. The van der Waals surface area contributed by atoms with Crippen LogP contribution >= 0.6 is 0 Å². The van der Waals surface area contributed by atoms with E-state index < -0.39 is 0 Å². The average molecular weight is 231 g/mol. The van der Waals surface area contributed by atoms with E-state index >= 15 is 0 Å². The first-order valence-corrected chi connectivity index (χ1v) is 7.47. The van der Waals surface area contributed by atoms with E-state index in [1.807, 2.05) is 0 Å². The summed E-state index contributed by atoms with van der Waals surface area (Å²) in [6.07, 6.45) is 16.0. The molecule has 4 bridgehead atoms. The third-order valence-corrected chi connectivity index (χ3v) is 5.65. The van der Waals surface area contributed by atoms with Crippen molar-refractivity contribution in [1.82, 2.24) is 0 Å². The fourth-order valence-electron chi connectivity index (χ4n) is 5.30. The van der Waals surface area contributed by atoms with Crippen molar-refractivity contribution in [2.45, 2.75) is 57.4 Å². The fraction of sp³-hybridized carbons (Fsp3) is 0.875. The second-order valence-corrected chi connectivity index (χ2v) is 6.77. The molecular weight excluding hydrogens is 206 g/mol. The van der Waals surface area contributed by atoms with Crippen LogP contribution in [0.1, 0.15) is 51.4 Å². The molecule has 1 unspecified atom stereocenters. The minimum Gasteiger partial charge on any atom is -0.327 e. The van der Waals surface area contributed by atoms with Gasteiger partial charge in [-0.2, -0.15) is 0 Å². The maximum atomic E-state index is 6.47. The van der Waals surface area contributed by atoms with Gasteiger partial charge in [-0.3, -0.25) is 0 Å². The van der Waals surface area contributed by atoms with Gasteiger partial charge in [-0.1, -0.05) is 0 Å². The molecule has 0 aromatic heterocycles. The van der Waals surface area contributed by atoms with Crippen LogP contribution in [0, 0.1) is 41.9 Å². The van der Waals surface area contributed by atoms with Crippen molar-refractivity contribution < 1.29 is 0 Å². The highest BCUT2D eigenvalue weighted by Crippen LogP contribution is 2.57. The molecule has 4 rings (SSSR count). The molecule has 0 saturated heterocycles. The minimum absolute atomic E-state index is 0.429. The molecule has 94 valence electrons. The zero-order valence-electron chi connectivity index (χ0n) is 10.8. The predicted octanol–water partition coefficient (Wildman–Crippen LogP) is 3.19. The van der Waals surface area contributed by atoms with Crippen molar-refractivity contribution in [3.8, 4) is 12.3 Å². The molecule has 4 saturated carbocycles. The predicted molar refractivity (Wildman–Crippen MR) is 71.2 cm³/mol. The lowest BCUT2D eigenvalue weighted by atomic mass is 9.50. The van der Waals surface area contributed by atoms with E-state index in [9.17, 15) is 0 Å². The standard InChI is InChI=1S/C16H25N/c1-2-3-4-5-15(17)16-13-7-11-6-12(9-13)10-14(16)8-11/h1,11-16H,3-10,17H2. The van der Waals surface area contributed by atoms with Crippen LogP contribution in [0.5, 0.6) is 0 Å². The maximum Gasteiger partial charge on any atom is 0.00866 e.